The van der Waals surface area contributed by atoms with Crippen LogP contribution in [0.4, 0.5) is 0 Å². The number of hydrogen-bond acceptors (Lipinski definition) is 0. The second kappa shape index (κ2) is 5.70. The Morgan fingerprint density at radius 3 is 2.24 bits per heavy atom. The van der Waals surface area contributed by atoms with E-state index in [0.29, 0.717) is 5.92 Å². The molecule has 0 aliphatic heterocycles. The Morgan fingerprint density at radius 2 is 1.59 bits per heavy atom. The van der Waals surface area contributed by atoms with Gasteiger partial charge in [0.1, 0.15) is 0 Å². The first-order valence-corrected chi connectivity index (χ1v) is 6.12. The molecule has 2 aromatic carbocycles. The Labute approximate surface area is 108 Å². The Kier molecular flexibility index (Phi) is 4.00. The molecule has 0 aliphatic carbocycles. The van der Waals surface area contributed by atoms with Crippen molar-refractivity contribution < 1.29 is 0 Å². The Balaban J connectivity index is 2.09. The highest BCUT2D eigenvalue weighted by Gasteiger charge is 2.00. The predicted octanol–water partition coefficient (Wildman–Crippen LogP) is 5.16. The summed E-state index contributed by atoms with van der Waals surface area (Å²) in [7, 11) is 0. The van der Waals surface area contributed by atoms with Gasteiger partial charge in [0.05, 0.1) is 0 Å². The van der Waals surface area contributed by atoms with Crippen LogP contribution < -0.4 is 0 Å². The van der Waals surface area contributed by atoms with Crippen molar-refractivity contribution in [2.45, 2.75) is 12.8 Å². The first-order chi connectivity index (χ1) is 8.25. The number of hydrogen-bond donors (Lipinski definition) is 0. The zero-order valence-corrected chi connectivity index (χ0v) is 10.6. The van der Waals surface area contributed by atoms with E-state index in [2.05, 4.69) is 43.3 Å². The lowest BCUT2D eigenvalue weighted by molar-refractivity contribution is 0.973. The molecule has 0 saturated heterocycles. The minimum atomic E-state index is 0.396. The second-order valence-electron chi connectivity index (χ2n) is 4.11. The van der Waals surface area contributed by atoms with Crippen molar-refractivity contribution >= 4 is 17.7 Å². The van der Waals surface area contributed by atoms with Gasteiger partial charge in [0.25, 0.3) is 0 Å². The van der Waals surface area contributed by atoms with Gasteiger partial charge in [-0.3, -0.25) is 0 Å². The molecule has 0 N–H and O–H groups in total. The lowest BCUT2D eigenvalue weighted by Crippen LogP contribution is -1.87. The van der Waals surface area contributed by atoms with Crippen molar-refractivity contribution in [1.82, 2.24) is 0 Å². The van der Waals surface area contributed by atoms with E-state index in [1.54, 1.807) is 0 Å². The summed E-state index contributed by atoms with van der Waals surface area (Å²) in [5.74, 6) is 0.396. The molecule has 1 atom stereocenters. The summed E-state index contributed by atoms with van der Waals surface area (Å²) in [5, 5.41) is 0.785. The number of rotatable bonds is 3. The van der Waals surface area contributed by atoms with Gasteiger partial charge >= 0.3 is 0 Å². The van der Waals surface area contributed by atoms with E-state index in [-0.39, 0.29) is 0 Å². The maximum atomic E-state index is 5.87. The van der Waals surface area contributed by atoms with Crippen LogP contribution in [0.15, 0.2) is 60.7 Å². The predicted molar refractivity (Wildman–Crippen MR) is 75.3 cm³/mol. The molecule has 86 valence electrons. The van der Waals surface area contributed by atoms with Crippen LogP contribution in [-0.4, -0.2) is 0 Å². The fraction of sp³-hybridized carbons (Fsp3) is 0.125. The van der Waals surface area contributed by atoms with E-state index in [1.165, 1.54) is 11.1 Å². The van der Waals surface area contributed by atoms with Crippen LogP contribution in [0.25, 0.3) is 6.08 Å². The van der Waals surface area contributed by atoms with Crippen molar-refractivity contribution in [3.63, 3.8) is 0 Å². The third-order valence-corrected chi connectivity index (χ3v) is 3.02. The van der Waals surface area contributed by atoms with Gasteiger partial charge < -0.3 is 0 Å². The minimum Gasteiger partial charge on any atom is -0.0843 e. The van der Waals surface area contributed by atoms with Gasteiger partial charge in [0.15, 0.2) is 0 Å². The molecule has 0 saturated carbocycles. The van der Waals surface area contributed by atoms with Crippen LogP contribution in [0.5, 0.6) is 0 Å². The maximum absolute atomic E-state index is 5.87. The summed E-state index contributed by atoms with van der Waals surface area (Å²) in [5.41, 5.74) is 2.51. The van der Waals surface area contributed by atoms with E-state index in [1.807, 2.05) is 30.3 Å². The van der Waals surface area contributed by atoms with Gasteiger partial charge in [-0.05, 0) is 29.2 Å². The Bertz CT molecular complexity index is 483. The SMILES string of the molecule is C[C@H](/C=C/c1ccccc1)c1ccc(Cl)cc1. The van der Waals surface area contributed by atoms with Crippen LogP contribution in [0.2, 0.25) is 5.02 Å². The molecule has 0 aliphatic rings. The molecule has 0 unspecified atom stereocenters. The van der Waals surface area contributed by atoms with Crippen molar-refractivity contribution in [3.8, 4) is 0 Å². The van der Waals surface area contributed by atoms with Gasteiger partial charge in [0, 0.05) is 5.02 Å². The smallest absolute Gasteiger partial charge is 0.0406 e. The Morgan fingerprint density at radius 1 is 0.941 bits per heavy atom. The summed E-state index contributed by atoms with van der Waals surface area (Å²) in [6.07, 6.45) is 4.36. The van der Waals surface area contributed by atoms with Crippen LogP contribution in [0.3, 0.4) is 0 Å². The number of allylic oxidation sites excluding steroid dienone is 1. The second-order valence-corrected chi connectivity index (χ2v) is 4.55. The van der Waals surface area contributed by atoms with Crippen molar-refractivity contribution in [2.75, 3.05) is 0 Å². The Hall–Kier alpha value is -1.53. The summed E-state index contributed by atoms with van der Waals surface area (Å²) in [6, 6.07) is 18.3. The summed E-state index contributed by atoms with van der Waals surface area (Å²) < 4.78 is 0. The first-order valence-electron chi connectivity index (χ1n) is 5.74. The zero-order chi connectivity index (χ0) is 12.1. The van der Waals surface area contributed by atoms with E-state index >= 15 is 0 Å². The van der Waals surface area contributed by atoms with E-state index in [4.69, 9.17) is 11.6 Å². The molecule has 0 nitrogen and oxygen atoms in total. The molecule has 0 aromatic heterocycles. The van der Waals surface area contributed by atoms with Crippen LogP contribution in [0.1, 0.15) is 24.0 Å². The lowest BCUT2D eigenvalue weighted by Gasteiger charge is -2.06. The molecule has 0 amide bonds. The van der Waals surface area contributed by atoms with Gasteiger partial charge in [0.2, 0.25) is 0 Å². The monoisotopic (exact) mass is 242 g/mol. The molecular formula is C16H15Cl. The van der Waals surface area contributed by atoms with Crippen molar-refractivity contribution in [1.29, 1.82) is 0 Å². The number of benzene rings is 2. The molecule has 0 bridgehead atoms. The normalized spacial score (nSPS) is 12.8. The summed E-state index contributed by atoms with van der Waals surface area (Å²) in [6.45, 7) is 2.18. The van der Waals surface area contributed by atoms with E-state index < -0.39 is 0 Å². The molecule has 17 heavy (non-hydrogen) atoms. The minimum absolute atomic E-state index is 0.396. The van der Waals surface area contributed by atoms with Gasteiger partial charge in [-0.15, -0.1) is 0 Å². The molecule has 0 fully saturated rings. The third-order valence-electron chi connectivity index (χ3n) is 2.77. The van der Waals surface area contributed by atoms with Gasteiger partial charge in [-0.1, -0.05) is 73.1 Å². The van der Waals surface area contributed by atoms with Crippen LogP contribution in [-0.2, 0) is 0 Å². The average molecular weight is 243 g/mol. The zero-order valence-electron chi connectivity index (χ0n) is 9.81. The topological polar surface area (TPSA) is 0 Å². The highest BCUT2D eigenvalue weighted by atomic mass is 35.5. The van der Waals surface area contributed by atoms with E-state index in [0.717, 1.165) is 5.02 Å². The molecule has 0 heterocycles. The van der Waals surface area contributed by atoms with Crippen LogP contribution >= 0.6 is 11.6 Å². The van der Waals surface area contributed by atoms with Crippen LogP contribution in [0, 0.1) is 0 Å². The highest BCUT2D eigenvalue weighted by molar-refractivity contribution is 6.30. The average Bonchev–Trinajstić information content (AvgIpc) is 2.38. The molecule has 0 radical (unpaired) electrons. The lowest BCUT2D eigenvalue weighted by atomic mass is 10.00. The van der Waals surface area contributed by atoms with Crippen molar-refractivity contribution in [3.05, 3.63) is 76.8 Å². The van der Waals surface area contributed by atoms with Crippen molar-refractivity contribution in [2.24, 2.45) is 0 Å². The van der Waals surface area contributed by atoms with Gasteiger partial charge in [-0.2, -0.15) is 0 Å². The quantitative estimate of drug-likeness (QED) is 0.698. The fourth-order valence-corrected chi connectivity index (χ4v) is 1.82. The molecule has 0 spiro atoms. The maximum Gasteiger partial charge on any atom is 0.0406 e. The third kappa shape index (κ3) is 3.47. The molecule has 1 heteroatoms. The standard InChI is InChI=1S/C16H15Cl/c1-13(15-9-11-16(17)12-10-15)7-8-14-5-3-2-4-6-14/h2-13H,1H3/b8-7+/t13-/m1/s1. The summed E-state index contributed by atoms with van der Waals surface area (Å²) in [4.78, 5) is 0. The number of halogens is 1. The largest absolute Gasteiger partial charge is 0.0843 e. The highest BCUT2D eigenvalue weighted by Crippen LogP contribution is 2.20. The molecular weight excluding hydrogens is 228 g/mol. The summed E-state index contributed by atoms with van der Waals surface area (Å²) >= 11 is 5.87. The first kappa shape index (κ1) is 11.9. The fourth-order valence-electron chi connectivity index (χ4n) is 1.70. The van der Waals surface area contributed by atoms with Gasteiger partial charge in [-0.25, -0.2) is 0 Å². The molecule has 2 aromatic rings. The molecule has 2 rings (SSSR count). The van der Waals surface area contributed by atoms with E-state index in [9.17, 15) is 0 Å².